The Bertz CT molecular complexity index is 502. The number of carbonyl (C=O) groups excluding carboxylic acids is 1. The van der Waals surface area contributed by atoms with E-state index in [1.165, 1.54) is 31.5 Å². The van der Waals surface area contributed by atoms with Gasteiger partial charge < -0.3 is 10.4 Å². The van der Waals surface area contributed by atoms with Crippen LogP contribution in [0.1, 0.15) is 29.8 Å². The molecule has 0 aromatic carbocycles. The first-order valence-electron chi connectivity index (χ1n) is 7.22. The highest BCUT2D eigenvalue weighted by Crippen LogP contribution is 2.41. The maximum atomic E-state index is 12.2. The Balaban J connectivity index is 1.65. The van der Waals surface area contributed by atoms with Crippen LogP contribution in [0.15, 0.2) is 18.3 Å². The number of aromatic hydroxyl groups is 1. The second-order valence-electron chi connectivity index (χ2n) is 5.99. The zero-order valence-electron chi connectivity index (χ0n) is 11.8. The van der Waals surface area contributed by atoms with Crippen molar-refractivity contribution in [3.63, 3.8) is 0 Å². The quantitative estimate of drug-likeness (QED) is 0.804. The van der Waals surface area contributed by atoms with Gasteiger partial charge in [-0.1, -0.05) is 6.42 Å². The summed E-state index contributed by atoms with van der Waals surface area (Å²) in [7, 11) is 2.03. The summed E-state index contributed by atoms with van der Waals surface area (Å²) in [5, 5.41) is 12.7. The standard InChI is InChI=1S/C15H21N3O2/c1-16-15-6-2-3-11(15)8-18(10-15)9-14(20)13-5-4-12(19)7-17-13/h4-5,7,11,16,19H,2-3,6,8-10H2,1H3/t11-,15-/m1/s1. The molecule has 108 valence electrons. The van der Waals surface area contributed by atoms with Crippen LogP contribution in [0.4, 0.5) is 0 Å². The van der Waals surface area contributed by atoms with Crippen molar-refractivity contribution in [2.75, 3.05) is 26.7 Å². The number of rotatable bonds is 4. The summed E-state index contributed by atoms with van der Waals surface area (Å²) < 4.78 is 0. The highest BCUT2D eigenvalue weighted by Gasteiger charge is 2.48. The van der Waals surface area contributed by atoms with E-state index in [4.69, 9.17) is 0 Å². The molecule has 5 nitrogen and oxygen atoms in total. The zero-order valence-corrected chi connectivity index (χ0v) is 11.8. The minimum Gasteiger partial charge on any atom is -0.506 e. The molecule has 2 fully saturated rings. The van der Waals surface area contributed by atoms with Crippen LogP contribution in [0.3, 0.4) is 0 Å². The molecule has 1 aromatic heterocycles. The van der Waals surface area contributed by atoms with E-state index in [1.54, 1.807) is 6.07 Å². The summed E-state index contributed by atoms with van der Waals surface area (Å²) in [4.78, 5) is 18.4. The van der Waals surface area contributed by atoms with E-state index in [1.807, 2.05) is 7.05 Å². The molecule has 0 amide bonds. The third-order valence-corrected chi connectivity index (χ3v) is 4.84. The number of aromatic nitrogens is 1. The van der Waals surface area contributed by atoms with E-state index in [2.05, 4.69) is 15.2 Å². The second kappa shape index (κ2) is 5.14. The Morgan fingerprint density at radius 3 is 3.10 bits per heavy atom. The molecule has 2 aliphatic rings. The largest absolute Gasteiger partial charge is 0.506 e. The Labute approximate surface area is 119 Å². The highest BCUT2D eigenvalue weighted by molar-refractivity contribution is 5.95. The normalized spacial score (nSPS) is 29.6. The first-order valence-corrected chi connectivity index (χ1v) is 7.22. The summed E-state index contributed by atoms with van der Waals surface area (Å²) in [6.07, 6.45) is 5.06. The minimum absolute atomic E-state index is 0.0243. The fourth-order valence-corrected chi connectivity index (χ4v) is 3.76. The first-order chi connectivity index (χ1) is 9.63. The van der Waals surface area contributed by atoms with Gasteiger partial charge in [-0.15, -0.1) is 0 Å². The molecule has 0 spiro atoms. The van der Waals surface area contributed by atoms with Gasteiger partial charge in [-0.2, -0.15) is 0 Å². The average molecular weight is 275 g/mol. The molecular formula is C15H21N3O2. The summed E-state index contributed by atoms with van der Waals surface area (Å²) in [6.45, 7) is 2.35. The maximum Gasteiger partial charge on any atom is 0.195 e. The lowest BCUT2D eigenvalue weighted by Crippen LogP contribution is -2.47. The number of nitrogens with zero attached hydrogens (tertiary/aromatic N) is 2. The monoisotopic (exact) mass is 275 g/mol. The van der Waals surface area contributed by atoms with Gasteiger partial charge in [0.1, 0.15) is 11.4 Å². The molecule has 1 saturated heterocycles. The Morgan fingerprint density at radius 2 is 2.45 bits per heavy atom. The van der Waals surface area contributed by atoms with Crippen molar-refractivity contribution in [2.24, 2.45) is 5.92 Å². The Morgan fingerprint density at radius 1 is 1.60 bits per heavy atom. The fourth-order valence-electron chi connectivity index (χ4n) is 3.76. The number of pyridine rings is 1. The van der Waals surface area contributed by atoms with E-state index >= 15 is 0 Å². The Hall–Kier alpha value is -1.46. The van der Waals surface area contributed by atoms with Gasteiger partial charge in [-0.3, -0.25) is 9.69 Å². The van der Waals surface area contributed by atoms with Crippen LogP contribution in [0.2, 0.25) is 0 Å². The lowest BCUT2D eigenvalue weighted by Gasteiger charge is -2.28. The molecule has 3 rings (SSSR count). The van der Waals surface area contributed by atoms with Crippen LogP contribution >= 0.6 is 0 Å². The molecule has 1 saturated carbocycles. The van der Waals surface area contributed by atoms with Crippen LogP contribution in [0.25, 0.3) is 0 Å². The van der Waals surface area contributed by atoms with Crippen molar-refractivity contribution in [1.82, 2.24) is 15.2 Å². The third-order valence-electron chi connectivity index (χ3n) is 4.84. The van der Waals surface area contributed by atoms with Gasteiger partial charge in [0.05, 0.1) is 12.7 Å². The van der Waals surface area contributed by atoms with Gasteiger partial charge in [-0.25, -0.2) is 4.98 Å². The van der Waals surface area contributed by atoms with Crippen LogP contribution < -0.4 is 5.32 Å². The summed E-state index contributed by atoms with van der Waals surface area (Å²) in [6, 6.07) is 3.09. The van der Waals surface area contributed by atoms with Crippen molar-refractivity contribution in [2.45, 2.75) is 24.8 Å². The third kappa shape index (κ3) is 2.31. The summed E-state index contributed by atoms with van der Waals surface area (Å²) >= 11 is 0. The van der Waals surface area contributed by atoms with Crippen LogP contribution in [0.5, 0.6) is 5.75 Å². The lowest BCUT2D eigenvalue weighted by molar-refractivity contribution is 0.0934. The molecule has 2 heterocycles. The number of likely N-dealkylation sites (N-methyl/N-ethyl adjacent to an activating group) is 1. The van der Waals surface area contributed by atoms with Crippen molar-refractivity contribution >= 4 is 5.78 Å². The predicted octanol–water partition coefficient (Wildman–Crippen LogP) is 1.04. The van der Waals surface area contributed by atoms with Gasteiger partial charge in [0.15, 0.2) is 5.78 Å². The van der Waals surface area contributed by atoms with Gasteiger partial charge in [0, 0.05) is 18.6 Å². The van der Waals surface area contributed by atoms with Crippen molar-refractivity contribution in [3.8, 4) is 5.75 Å². The smallest absolute Gasteiger partial charge is 0.195 e. The van der Waals surface area contributed by atoms with Crippen molar-refractivity contribution in [1.29, 1.82) is 0 Å². The van der Waals surface area contributed by atoms with Gasteiger partial charge in [-0.05, 0) is 37.9 Å². The zero-order chi connectivity index (χ0) is 14.2. The molecule has 0 unspecified atom stereocenters. The number of likely N-dealkylation sites (tertiary alicyclic amines) is 1. The molecule has 5 heteroatoms. The number of hydrogen-bond donors (Lipinski definition) is 2. The van der Waals surface area contributed by atoms with Crippen molar-refractivity contribution in [3.05, 3.63) is 24.0 Å². The number of hydrogen-bond acceptors (Lipinski definition) is 5. The SMILES string of the molecule is CN[C@@]12CCC[C@@H]1CN(CC(=O)c1ccc(O)cn1)C2. The van der Waals surface area contributed by atoms with E-state index in [9.17, 15) is 9.90 Å². The molecule has 0 bridgehead atoms. The van der Waals surface area contributed by atoms with Crippen LogP contribution in [0, 0.1) is 5.92 Å². The molecule has 1 aliphatic carbocycles. The fraction of sp³-hybridized carbons (Fsp3) is 0.600. The molecule has 0 radical (unpaired) electrons. The molecule has 20 heavy (non-hydrogen) atoms. The molecule has 1 aliphatic heterocycles. The number of Topliss-reactive ketones (excluding diaryl/α,β-unsaturated/α-hetero) is 1. The summed E-state index contributed by atoms with van der Waals surface area (Å²) in [5.41, 5.74) is 0.640. The highest BCUT2D eigenvalue weighted by atomic mass is 16.3. The number of fused-ring (bicyclic) bond motifs is 1. The molecule has 2 N–H and O–H groups in total. The van der Waals surface area contributed by atoms with E-state index in [0.717, 1.165) is 13.1 Å². The van der Waals surface area contributed by atoms with Crippen LogP contribution in [-0.4, -0.2) is 53.0 Å². The van der Waals surface area contributed by atoms with Gasteiger partial charge in [0.2, 0.25) is 0 Å². The van der Waals surface area contributed by atoms with Gasteiger partial charge >= 0.3 is 0 Å². The number of carbonyl (C=O) groups is 1. The second-order valence-corrected chi connectivity index (χ2v) is 5.99. The number of ketones is 1. The van der Waals surface area contributed by atoms with E-state index < -0.39 is 0 Å². The number of nitrogens with one attached hydrogen (secondary N) is 1. The predicted molar refractivity (Wildman–Crippen MR) is 75.8 cm³/mol. The first kappa shape index (κ1) is 13.5. The summed E-state index contributed by atoms with van der Waals surface area (Å²) in [5.74, 6) is 0.774. The van der Waals surface area contributed by atoms with Crippen LogP contribution in [-0.2, 0) is 0 Å². The van der Waals surface area contributed by atoms with E-state index in [0.29, 0.717) is 18.2 Å². The molecule has 2 atom stereocenters. The Kier molecular flexibility index (Phi) is 3.48. The topological polar surface area (TPSA) is 65.5 Å². The lowest BCUT2D eigenvalue weighted by atomic mass is 9.91. The van der Waals surface area contributed by atoms with Gasteiger partial charge in [0.25, 0.3) is 0 Å². The molecule has 1 aromatic rings. The van der Waals surface area contributed by atoms with Crippen molar-refractivity contribution < 1.29 is 9.90 Å². The average Bonchev–Trinajstić information content (AvgIpc) is 2.96. The molecular weight excluding hydrogens is 254 g/mol. The minimum atomic E-state index is 0.0243. The maximum absolute atomic E-state index is 12.2. The van der Waals surface area contributed by atoms with E-state index in [-0.39, 0.29) is 17.1 Å².